The second-order valence-corrected chi connectivity index (χ2v) is 1.41. The zero-order chi connectivity index (χ0) is 8.28. The summed E-state index contributed by atoms with van der Waals surface area (Å²) in [4.78, 5) is 7.69. The molecule has 0 radical (unpaired) electrons. The molecule has 0 aromatic rings. The summed E-state index contributed by atoms with van der Waals surface area (Å²) in [5.74, 6) is 0. The quantitative estimate of drug-likeness (QED) is 0.500. The Kier molecular flexibility index (Phi) is 42.7. The van der Waals surface area contributed by atoms with E-state index in [-0.39, 0.29) is 0 Å². The van der Waals surface area contributed by atoms with Crippen molar-refractivity contribution < 1.29 is 33.5 Å². The Balaban J connectivity index is -0.0000000771. The molecule has 1 unspecified atom stereocenters. The number of rotatable bonds is 1. The first-order chi connectivity index (χ1) is 4.27. The van der Waals surface area contributed by atoms with Gasteiger partial charge in [0.2, 0.25) is 0 Å². The molecule has 0 aliphatic carbocycles. The molecule has 61 valence electrons. The molecule has 0 aromatic heterocycles. The molecular formula is C3H10CoO4P-. The van der Waals surface area contributed by atoms with Crippen LogP contribution in [0.2, 0.25) is 0 Å². The average molecular weight is 200 g/mol. The first kappa shape index (κ1) is 16.2. The molecule has 0 aliphatic rings. The van der Waals surface area contributed by atoms with Gasteiger partial charge in [0.25, 0.3) is 0 Å². The standard InChI is InChI=1S/C2H5.CH5O3P.Co.O/c1-2;1-4-5(2)3;;/h1H2,2H3;5H,1H3,(H,2,3);;/q-1;;;. The van der Waals surface area contributed by atoms with Gasteiger partial charge >= 0.3 is 27.8 Å². The second-order valence-electron chi connectivity index (χ2n) is 0.470. The molecule has 0 saturated carbocycles. The SMILES string of the molecule is CO[PH](=O)O.[CH2-]C.[O]=[Co]. The normalized spacial score (nSPS) is 9.44. The van der Waals surface area contributed by atoms with Gasteiger partial charge in [-0.25, -0.2) is 0 Å². The molecule has 1 atom stereocenters. The zero-order valence-electron chi connectivity index (χ0n) is 5.21. The van der Waals surface area contributed by atoms with Crippen molar-refractivity contribution in [1.29, 1.82) is 0 Å². The minimum atomic E-state index is -2.62. The molecule has 0 bridgehead atoms. The first-order valence-electron chi connectivity index (χ1n) is 1.88. The van der Waals surface area contributed by atoms with Crippen LogP contribution in [0.4, 0.5) is 0 Å². The predicted octanol–water partition coefficient (Wildman–Crippen LogP) is 0.734. The summed E-state index contributed by atoms with van der Waals surface area (Å²) in [7, 11) is -1.44. The van der Waals surface area contributed by atoms with Crippen molar-refractivity contribution in [2.24, 2.45) is 0 Å². The van der Waals surface area contributed by atoms with E-state index in [1.807, 2.05) is 0 Å². The maximum atomic E-state index is 9.33. The third kappa shape index (κ3) is 58.4. The van der Waals surface area contributed by atoms with Crippen molar-refractivity contribution in [2.45, 2.75) is 6.92 Å². The minimum absolute atomic E-state index is 1.18. The molecule has 0 fully saturated rings. The van der Waals surface area contributed by atoms with E-state index < -0.39 is 8.25 Å². The third-order valence-corrected chi connectivity index (χ3v) is 0.524. The van der Waals surface area contributed by atoms with Crippen molar-refractivity contribution in [1.82, 2.24) is 0 Å². The van der Waals surface area contributed by atoms with Crippen molar-refractivity contribution in [2.75, 3.05) is 7.11 Å². The molecule has 0 saturated heterocycles. The molecule has 6 heteroatoms. The van der Waals surface area contributed by atoms with Crippen LogP contribution in [0.5, 0.6) is 0 Å². The van der Waals surface area contributed by atoms with E-state index in [0.29, 0.717) is 0 Å². The molecular weight excluding hydrogens is 190 g/mol. The van der Waals surface area contributed by atoms with Gasteiger partial charge in [0.1, 0.15) is 0 Å². The predicted molar refractivity (Wildman–Crippen MR) is 29.9 cm³/mol. The van der Waals surface area contributed by atoms with Gasteiger partial charge in [-0.05, 0) is 0 Å². The van der Waals surface area contributed by atoms with Gasteiger partial charge in [0.15, 0.2) is 0 Å². The van der Waals surface area contributed by atoms with Crippen LogP contribution >= 0.6 is 8.25 Å². The van der Waals surface area contributed by atoms with Gasteiger partial charge in [-0.1, -0.05) is 0 Å². The van der Waals surface area contributed by atoms with Crippen LogP contribution in [0.15, 0.2) is 0 Å². The second kappa shape index (κ2) is 23.7. The average Bonchev–Trinajstić information content (AvgIpc) is 1.97. The van der Waals surface area contributed by atoms with Crippen LogP contribution < -0.4 is 0 Å². The van der Waals surface area contributed by atoms with E-state index >= 15 is 0 Å². The fourth-order valence-electron chi connectivity index (χ4n) is 0. The van der Waals surface area contributed by atoms with E-state index in [1.54, 1.807) is 6.92 Å². The molecule has 1 N–H and O–H groups in total. The van der Waals surface area contributed by atoms with Gasteiger partial charge in [-0.2, -0.15) is 6.92 Å². The van der Waals surface area contributed by atoms with Gasteiger partial charge in [0, 0.05) is 7.11 Å². The van der Waals surface area contributed by atoms with Crippen LogP contribution in [-0.4, -0.2) is 12.0 Å². The summed E-state index contributed by atoms with van der Waals surface area (Å²) >= 11 is 2.31. The molecule has 0 rings (SSSR count). The molecule has 0 heterocycles. The van der Waals surface area contributed by atoms with Crippen molar-refractivity contribution in [3.05, 3.63) is 6.92 Å². The van der Waals surface area contributed by atoms with Gasteiger partial charge in [0.05, 0.1) is 0 Å². The maximum absolute atomic E-state index is 9.33. The molecule has 0 spiro atoms. The van der Waals surface area contributed by atoms with Crippen molar-refractivity contribution in [3.8, 4) is 0 Å². The van der Waals surface area contributed by atoms with E-state index in [4.69, 9.17) is 8.76 Å². The Labute approximate surface area is 63.3 Å². The van der Waals surface area contributed by atoms with Gasteiger partial charge in [-0.15, -0.1) is 0 Å². The Morgan fingerprint density at radius 3 is 1.67 bits per heavy atom. The van der Waals surface area contributed by atoms with Crippen LogP contribution in [0.3, 0.4) is 0 Å². The van der Waals surface area contributed by atoms with Crippen LogP contribution in [0.25, 0.3) is 0 Å². The Hall–Kier alpha value is 0.456. The monoisotopic (exact) mass is 200 g/mol. The van der Waals surface area contributed by atoms with E-state index in [2.05, 4.69) is 27.1 Å². The van der Waals surface area contributed by atoms with E-state index in [1.165, 1.54) is 7.11 Å². The topological polar surface area (TPSA) is 63.6 Å². The molecule has 0 amide bonds. The van der Waals surface area contributed by atoms with E-state index in [9.17, 15) is 4.57 Å². The number of hydrogen-bond acceptors (Lipinski definition) is 3. The van der Waals surface area contributed by atoms with Gasteiger partial charge in [-0.3, -0.25) is 4.57 Å². The van der Waals surface area contributed by atoms with Crippen LogP contribution in [0, 0.1) is 6.92 Å². The summed E-state index contributed by atoms with van der Waals surface area (Å²) < 4.78 is 21.1. The zero-order valence-corrected chi connectivity index (χ0v) is 7.25. The summed E-state index contributed by atoms with van der Waals surface area (Å²) in [5.41, 5.74) is 0. The van der Waals surface area contributed by atoms with Gasteiger partial charge < -0.3 is 16.3 Å². The summed E-state index contributed by atoms with van der Waals surface area (Å²) in [6.45, 7) is 5.00. The molecule has 0 aromatic carbocycles. The van der Waals surface area contributed by atoms with Crippen LogP contribution in [-0.2, 0) is 28.6 Å². The molecule has 4 nitrogen and oxygen atoms in total. The summed E-state index contributed by atoms with van der Waals surface area (Å²) in [6.07, 6.45) is 0. The first-order valence-corrected chi connectivity index (χ1v) is 3.57. The summed E-state index contributed by atoms with van der Waals surface area (Å²) in [5, 5.41) is 0. The Morgan fingerprint density at radius 1 is 1.56 bits per heavy atom. The molecule has 9 heavy (non-hydrogen) atoms. The number of hydrogen-bond donors (Lipinski definition) is 1. The third-order valence-electron chi connectivity index (χ3n) is 0.175. The summed E-state index contributed by atoms with van der Waals surface area (Å²) in [6, 6.07) is 0. The van der Waals surface area contributed by atoms with Crippen LogP contribution in [0.1, 0.15) is 6.92 Å². The fraction of sp³-hybridized carbons (Fsp3) is 0.667. The van der Waals surface area contributed by atoms with Crippen molar-refractivity contribution in [3.63, 3.8) is 0 Å². The van der Waals surface area contributed by atoms with E-state index in [0.717, 1.165) is 0 Å². The Morgan fingerprint density at radius 2 is 1.67 bits per heavy atom. The Bertz CT molecular complexity index is 59.8. The molecule has 0 aliphatic heterocycles. The van der Waals surface area contributed by atoms with Crippen molar-refractivity contribution >= 4 is 8.25 Å². The fourth-order valence-corrected chi connectivity index (χ4v) is 0.